The summed E-state index contributed by atoms with van der Waals surface area (Å²) in [6.07, 6.45) is 0. The summed E-state index contributed by atoms with van der Waals surface area (Å²) in [5.74, 6) is 1.30. The number of carbonyl (C=O) groups excluding carboxylic acids is 1. The minimum Gasteiger partial charge on any atom is -0.494 e. The SMILES string of the molecule is CCOc1cccc(OCC(=O)c2cccc(Br)c2)c1. The van der Waals surface area contributed by atoms with Crippen LogP contribution in [0.15, 0.2) is 53.0 Å². The summed E-state index contributed by atoms with van der Waals surface area (Å²) in [4.78, 5) is 12.0. The average Bonchev–Trinajstić information content (AvgIpc) is 2.45. The quantitative estimate of drug-likeness (QED) is 0.746. The van der Waals surface area contributed by atoms with Gasteiger partial charge in [0.1, 0.15) is 11.5 Å². The van der Waals surface area contributed by atoms with Crippen molar-refractivity contribution in [2.75, 3.05) is 13.2 Å². The monoisotopic (exact) mass is 334 g/mol. The molecule has 0 fully saturated rings. The van der Waals surface area contributed by atoms with Crippen LogP contribution in [0, 0.1) is 0 Å². The maximum atomic E-state index is 12.0. The van der Waals surface area contributed by atoms with Gasteiger partial charge >= 0.3 is 0 Å². The molecule has 3 nitrogen and oxygen atoms in total. The Morgan fingerprint density at radius 1 is 1.05 bits per heavy atom. The second-order valence-electron chi connectivity index (χ2n) is 4.13. The maximum absolute atomic E-state index is 12.0. The van der Waals surface area contributed by atoms with Crippen molar-refractivity contribution in [3.63, 3.8) is 0 Å². The van der Waals surface area contributed by atoms with Crippen molar-refractivity contribution in [3.8, 4) is 11.5 Å². The number of rotatable bonds is 6. The molecule has 0 aliphatic carbocycles. The fourth-order valence-electron chi connectivity index (χ4n) is 1.71. The average molecular weight is 335 g/mol. The summed E-state index contributed by atoms with van der Waals surface area (Å²) in [5, 5.41) is 0. The predicted octanol–water partition coefficient (Wildman–Crippen LogP) is 4.11. The van der Waals surface area contributed by atoms with E-state index in [4.69, 9.17) is 9.47 Å². The van der Waals surface area contributed by atoms with E-state index in [1.54, 1.807) is 24.3 Å². The number of Topliss-reactive ketones (excluding diaryl/α,β-unsaturated/α-hetero) is 1. The first-order valence-electron chi connectivity index (χ1n) is 6.33. The van der Waals surface area contributed by atoms with E-state index in [9.17, 15) is 4.79 Å². The van der Waals surface area contributed by atoms with Crippen LogP contribution in [0.4, 0.5) is 0 Å². The Bertz CT molecular complexity index is 596. The standard InChI is InChI=1S/C16H15BrO3/c1-2-19-14-7-4-8-15(10-14)20-11-16(18)12-5-3-6-13(17)9-12/h3-10H,2,11H2,1H3. The van der Waals surface area contributed by atoms with Crippen LogP contribution in [0.1, 0.15) is 17.3 Å². The Balaban J connectivity index is 1.98. The molecule has 104 valence electrons. The molecule has 0 aliphatic heterocycles. The van der Waals surface area contributed by atoms with Gasteiger partial charge in [-0.1, -0.05) is 34.1 Å². The smallest absolute Gasteiger partial charge is 0.200 e. The van der Waals surface area contributed by atoms with E-state index in [0.717, 1.165) is 10.2 Å². The summed E-state index contributed by atoms with van der Waals surface area (Å²) in [7, 11) is 0. The van der Waals surface area contributed by atoms with Crippen molar-refractivity contribution < 1.29 is 14.3 Å². The van der Waals surface area contributed by atoms with E-state index >= 15 is 0 Å². The first-order valence-corrected chi connectivity index (χ1v) is 7.13. The van der Waals surface area contributed by atoms with Gasteiger partial charge < -0.3 is 9.47 Å². The van der Waals surface area contributed by atoms with Gasteiger partial charge in [-0.3, -0.25) is 4.79 Å². The van der Waals surface area contributed by atoms with Crippen LogP contribution in [-0.4, -0.2) is 19.0 Å². The second kappa shape index (κ2) is 7.10. The molecule has 0 spiro atoms. The molecule has 0 radical (unpaired) electrons. The Kier molecular flexibility index (Phi) is 5.18. The van der Waals surface area contributed by atoms with Gasteiger partial charge in [-0.05, 0) is 31.2 Å². The molecule has 2 rings (SSSR count). The molecule has 0 heterocycles. The number of hydrogen-bond acceptors (Lipinski definition) is 3. The molecule has 0 bridgehead atoms. The topological polar surface area (TPSA) is 35.5 Å². The zero-order chi connectivity index (χ0) is 14.4. The molecule has 4 heteroatoms. The number of halogens is 1. The van der Waals surface area contributed by atoms with Crippen molar-refractivity contribution in [1.29, 1.82) is 0 Å². The van der Waals surface area contributed by atoms with Crippen molar-refractivity contribution in [2.45, 2.75) is 6.92 Å². The Labute approximate surface area is 126 Å². The third-order valence-corrected chi connectivity index (χ3v) is 3.13. The molecule has 0 saturated heterocycles. The highest BCUT2D eigenvalue weighted by Crippen LogP contribution is 2.20. The largest absolute Gasteiger partial charge is 0.494 e. The lowest BCUT2D eigenvalue weighted by Crippen LogP contribution is -2.11. The van der Waals surface area contributed by atoms with Crippen molar-refractivity contribution in [1.82, 2.24) is 0 Å². The van der Waals surface area contributed by atoms with Gasteiger partial charge in [-0.2, -0.15) is 0 Å². The molecule has 2 aromatic rings. The molecular weight excluding hydrogens is 320 g/mol. The summed E-state index contributed by atoms with van der Waals surface area (Å²) in [6.45, 7) is 2.52. The molecule has 0 amide bonds. The van der Waals surface area contributed by atoms with Crippen LogP contribution in [0.3, 0.4) is 0 Å². The first-order chi connectivity index (χ1) is 9.69. The highest BCUT2D eigenvalue weighted by Gasteiger charge is 2.07. The molecular formula is C16H15BrO3. The molecule has 0 aromatic heterocycles. The van der Waals surface area contributed by atoms with Crippen LogP contribution in [0.2, 0.25) is 0 Å². The van der Waals surface area contributed by atoms with Crippen molar-refractivity contribution in [2.24, 2.45) is 0 Å². The number of ether oxygens (including phenoxy) is 2. The van der Waals surface area contributed by atoms with Gasteiger partial charge in [0.25, 0.3) is 0 Å². The van der Waals surface area contributed by atoms with Gasteiger partial charge in [0.05, 0.1) is 6.61 Å². The highest BCUT2D eigenvalue weighted by atomic mass is 79.9. The summed E-state index contributed by atoms with van der Waals surface area (Å²) in [6, 6.07) is 14.5. The van der Waals surface area contributed by atoms with Gasteiger partial charge in [0.2, 0.25) is 0 Å². The minimum atomic E-state index is -0.0619. The summed E-state index contributed by atoms with van der Waals surface area (Å²) < 4.78 is 11.8. The molecule has 0 aliphatic rings. The van der Waals surface area contributed by atoms with E-state index in [1.807, 2.05) is 31.2 Å². The van der Waals surface area contributed by atoms with E-state index in [2.05, 4.69) is 15.9 Å². The molecule has 0 atom stereocenters. The lowest BCUT2D eigenvalue weighted by Gasteiger charge is -2.08. The van der Waals surface area contributed by atoms with Crippen LogP contribution < -0.4 is 9.47 Å². The zero-order valence-corrected chi connectivity index (χ0v) is 12.7. The maximum Gasteiger partial charge on any atom is 0.200 e. The fourth-order valence-corrected chi connectivity index (χ4v) is 2.11. The molecule has 0 unspecified atom stereocenters. The van der Waals surface area contributed by atoms with Crippen molar-refractivity contribution in [3.05, 3.63) is 58.6 Å². The van der Waals surface area contributed by atoms with Crippen molar-refractivity contribution >= 4 is 21.7 Å². The van der Waals surface area contributed by atoms with Crippen LogP contribution in [-0.2, 0) is 0 Å². The molecule has 0 N–H and O–H groups in total. The Morgan fingerprint density at radius 3 is 2.45 bits per heavy atom. The van der Waals surface area contributed by atoms with E-state index in [0.29, 0.717) is 17.9 Å². The van der Waals surface area contributed by atoms with E-state index in [1.165, 1.54) is 0 Å². The zero-order valence-electron chi connectivity index (χ0n) is 11.1. The van der Waals surface area contributed by atoms with Gasteiger partial charge in [-0.15, -0.1) is 0 Å². The Morgan fingerprint density at radius 2 is 1.75 bits per heavy atom. The number of benzene rings is 2. The number of ketones is 1. The fraction of sp³-hybridized carbons (Fsp3) is 0.188. The minimum absolute atomic E-state index is 0.00598. The first kappa shape index (κ1) is 14.6. The molecule has 0 saturated carbocycles. The van der Waals surface area contributed by atoms with Crippen LogP contribution >= 0.6 is 15.9 Å². The third-order valence-electron chi connectivity index (χ3n) is 2.63. The predicted molar refractivity (Wildman–Crippen MR) is 81.6 cm³/mol. The van der Waals surface area contributed by atoms with Gasteiger partial charge in [-0.25, -0.2) is 0 Å². The third kappa shape index (κ3) is 4.10. The second-order valence-corrected chi connectivity index (χ2v) is 5.05. The summed E-state index contributed by atoms with van der Waals surface area (Å²) in [5.41, 5.74) is 0.625. The highest BCUT2D eigenvalue weighted by molar-refractivity contribution is 9.10. The van der Waals surface area contributed by atoms with Crippen LogP contribution in [0.25, 0.3) is 0 Å². The van der Waals surface area contributed by atoms with E-state index < -0.39 is 0 Å². The lowest BCUT2D eigenvalue weighted by atomic mass is 10.1. The van der Waals surface area contributed by atoms with E-state index in [-0.39, 0.29) is 12.4 Å². The molecule has 2 aromatic carbocycles. The number of carbonyl (C=O) groups is 1. The van der Waals surface area contributed by atoms with Crippen LogP contribution in [0.5, 0.6) is 11.5 Å². The number of hydrogen-bond donors (Lipinski definition) is 0. The molecule has 20 heavy (non-hydrogen) atoms. The Hall–Kier alpha value is -1.81. The lowest BCUT2D eigenvalue weighted by molar-refractivity contribution is 0.0921. The van der Waals surface area contributed by atoms with Gasteiger partial charge in [0.15, 0.2) is 12.4 Å². The van der Waals surface area contributed by atoms with Gasteiger partial charge in [0, 0.05) is 16.1 Å². The normalized spacial score (nSPS) is 10.1. The summed E-state index contributed by atoms with van der Waals surface area (Å²) >= 11 is 3.34.